The number of hydrogen-bond donors (Lipinski definition) is 1. The maximum absolute atomic E-state index is 12.0. The summed E-state index contributed by atoms with van der Waals surface area (Å²) in [6.45, 7) is 3.87. The molecule has 0 unspecified atom stereocenters. The molecule has 0 radical (unpaired) electrons. The normalized spacial score (nSPS) is 10.0. The van der Waals surface area contributed by atoms with Crippen molar-refractivity contribution < 1.29 is 19.2 Å². The third kappa shape index (κ3) is 4.87. The van der Waals surface area contributed by atoms with Gasteiger partial charge < -0.3 is 10.1 Å². The van der Waals surface area contributed by atoms with E-state index in [1.54, 1.807) is 26.0 Å². The van der Waals surface area contributed by atoms with E-state index in [4.69, 9.17) is 4.74 Å². The Kier molecular flexibility index (Phi) is 6.32. The van der Waals surface area contributed by atoms with Crippen molar-refractivity contribution in [3.8, 4) is 0 Å². The van der Waals surface area contributed by atoms with Crippen molar-refractivity contribution in [1.29, 1.82) is 0 Å². The highest BCUT2D eigenvalue weighted by atomic mass is 16.6. The molecule has 7 nitrogen and oxygen atoms in total. The predicted octanol–water partition coefficient (Wildman–Crippen LogP) is 1.98. The van der Waals surface area contributed by atoms with Crippen molar-refractivity contribution in [3.63, 3.8) is 0 Å². The highest BCUT2D eigenvalue weighted by Gasteiger charge is 2.21. The van der Waals surface area contributed by atoms with E-state index in [2.05, 4.69) is 5.32 Å². The number of benzene rings is 1. The molecule has 1 N–H and O–H groups in total. The molecule has 1 aromatic rings. The van der Waals surface area contributed by atoms with Crippen molar-refractivity contribution in [3.05, 3.63) is 39.4 Å². The first-order chi connectivity index (χ1) is 9.97. The van der Waals surface area contributed by atoms with Crippen molar-refractivity contribution in [2.24, 2.45) is 0 Å². The van der Waals surface area contributed by atoms with Gasteiger partial charge in [0.25, 0.3) is 11.6 Å². The Morgan fingerprint density at radius 1 is 1.38 bits per heavy atom. The number of ether oxygens (including phenoxy) is 1. The van der Waals surface area contributed by atoms with Crippen molar-refractivity contribution in [2.45, 2.75) is 26.7 Å². The molecule has 0 aromatic heterocycles. The molecule has 0 fully saturated rings. The van der Waals surface area contributed by atoms with Crippen LogP contribution in [-0.2, 0) is 9.53 Å². The Hall–Kier alpha value is -2.44. The minimum atomic E-state index is -0.567. The van der Waals surface area contributed by atoms with E-state index in [9.17, 15) is 19.7 Å². The van der Waals surface area contributed by atoms with Gasteiger partial charge in [0.1, 0.15) is 5.56 Å². The zero-order valence-corrected chi connectivity index (χ0v) is 12.0. The summed E-state index contributed by atoms with van der Waals surface area (Å²) in [7, 11) is 0. The minimum Gasteiger partial charge on any atom is -0.466 e. The van der Waals surface area contributed by atoms with Gasteiger partial charge in [-0.1, -0.05) is 12.1 Å². The summed E-state index contributed by atoms with van der Waals surface area (Å²) in [5.41, 5.74) is 0.260. The Balaban J connectivity index is 2.59. The number of nitro groups is 1. The van der Waals surface area contributed by atoms with Crippen LogP contribution in [0.2, 0.25) is 0 Å². The molecule has 0 heterocycles. The Morgan fingerprint density at radius 2 is 2.10 bits per heavy atom. The molecule has 0 aliphatic rings. The molecule has 0 atom stereocenters. The minimum absolute atomic E-state index is 0.0242. The molecular weight excluding hydrogens is 276 g/mol. The number of nitrogens with one attached hydrogen (secondary N) is 1. The average molecular weight is 294 g/mol. The second kappa shape index (κ2) is 7.98. The van der Waals surface area contributed by atoms with Crippen molar-refractivity contribution >= 4 is 17.6 Å². The number of nitro benzene ring substituents is 1. The monoisotopic (exact) mass is 294 g/mol. The van der Waals surface area contributed by atoms with E-state index in [1.165, 1.54) is 6.07 Å². The van der Waals surface area contributed by atoms with Crippen LogP contribution in [0.15, 0.2) is 18.2 Å². The molecule has 0 aliphatic carbocycles. The number of carbonyl (C=O) groups is 2. The van der Waals surface area contributed by atoms with Crippen LogP contribution >= 0.6 is 0 Å². The van der Waals surface area contributed by atoms with Gasteiger partial charge in [-0.25, -0.2) is 0 Å². The SMILES string of the molecule is CCOC(=O)CCCNC(=O)c1cccc(C)c1[N+](=O)[O-]. The van der Waals surface area contributed by atoms with Gasteiger partial charge >= 0.3 is 5.97 Å². The summed E-state index contributed by atoms with van der Waals surface area (Å²) < 4.78 is 4.76. The molecule has 0 aliphatic heterocycles. The van der Waals surface area contributed by atoms with Gasteiger partial charge in [-0.2, -0.15) is 0 Å². The fourth-order valence-corrected chi connectivity index (χ4v) is 1.85. The summed E-state index contributed by atoms with van der Waals surface area (Å²) in [4.78, 5) is 33.5. The van der Waals surface area contributed by atoms with Crippen LogP contribution in [0.1, 0.15) is 35.7 Å². The Labute approximate surface area is 122 Å². The van der Waals surface area contributed by atoms with Crippen LogP contribution in [0, 0.1) is 17.0 Å². The van der Waals surface area contributed by atoms with E-state index in [0.717, 1.165) is 0 Å². The maximum Gasteiger partial charge on any atom is 0.305 e. The molecule has 21 heavy (non-hydrogen) atoms. The molecule has 0 saturated carbocycles. The van der Waals surface area contributed by atoms with E-state index in [-0.39, 0.29) is 30.2 Å². The van der Waals surface area contributed by atoms with E-state index >= 15 is 0 Å². The Morgan fingerprint density at radius 3 is 2.71 bits per heavy atom. The van der Waals surface area contributed by atoms with Gasteiger partial charge in [-0.05, 0) is 26.3 Å². The number of carbonyl (C=O) groups excluding carboxylic acids is 2. The smallest absolute Gasteiger partial charge is 0.305 e. The number of rotatable bonds is 7. The third-order valence-corrected chi connectivity index (χ3v) is 2.81. The topological polar surface area (TPSA) is 98.5 Å². The second-order valence-corrected chi connectivity index (χ2v) is 4.39. The number of aryl methyl sites for hydroxylation is 1. The average Bonchev–Trinajstić information content (AvgIpc) is 2.43. The number of para-hydroxylation sites is 1. The van der Waals surface area contributed by atoms with Crippen LogP contribution in [-0.4, -0.2) is 30.0 Å². The molecule has 0 saturated heterocycles. The van der Waals surface area contributed by atoms with Crippen LogP contribution in [0.25, 0.3) is 0 Å². The van der Waals surface area contributed by atoms with Gasteiger partial charge in [-0.15, -0.1) is 0 Å². The standard InChI is InChI=1S/C14H18N2O5/c1-3-21-12(17)8-5-9-15-14(18)11-7-4-6-10(2)13(11)16(19)20/h4,6-7H,3,5,8-9H2,1-2H3,(H,15,18). The molecular formula is C14H18N2O5. The van der Waals surface area contributed by atoms with Gasteiger partial charge in [0.15, 0.2) is 0 Å². The molecule has 1 rings (SSSR count). The maximum atomic E-state index is 12.0. The lowest BCUT2D eigenvalue weighted by molar-refractivity contribution is -0.385. The van der Waals surface area contributed by atoms with Gasteiger partial charge in [0.05, 0.1) is 11.5 Å². The van der Waals surface area contributed by atoms with Crippen molar-refractivity contribution in [1.82, 2.24) is 5.32 Å². The highest BCUT2D eigenvalue weighted by molar-refractivity contribution is 5.98. The van der Waals surface area contributed by atoms with Gasteiger partial charge in [0, 0.05) is 18.5 Å². The molecule has 114 valence electrons. The first-order valence-corrected chi connectivity index (χ1v) is 6.65. The first kappa shape index (κ1) is 16.6. The van der Waals surface area contributed by atoms with Gasteiger partial charge in [-0.3, -0.25) is 19.7 Å². The molecule has 1 aromatic carbocycles. The lowest BCUT2D eigenvalue weighted by atomic mass is 10.1. The summed E-state index contributed by atoms with van der Waals surface area (Å²) in [5.74, 6) is -0.845. The number of amides is 1. The van der Waals surface area contributed by atoms with E-state index in [0.29, 0.717) is 18.6 Å². The van der Waals surface area contributed by atoms with E-state index in [1.807, 2.05) is 0 Å². The lowest BCUT2D eigenvalue weighted by Gasteiger charge is -2.07. The van der Waals surface area contributed by atoms with E-state index < -0.39 is 10.8 Å². The summed E-state index contributed by atoms with van der Waals surface area (Å²) in [6.07, 6.45) is 0.619. The first-order valence-electron chi connectivity index (χ1n) is 6.65. The van der Waals surface area contributed by atoms with Crippen LogP contribution in [0.5, 0.6) is 0 Å². The predicted molar refractivity (Wildman–Crippen MR) is 76.0 cm³/mol. The summed E-state index contributed by atoms with van der Waals surface area (Å²) in [6, 6.07) is 4.58. The zero-order chi connectivity index (χ0) is 15.8. The van der Waals surface area contributed by atoms with Crippen LogP contribution in [0.3, 0.4) is 0 Å². The summed E-state index contributed by atoms with van der Waals surface area (Å²) >= 11 is 0. The highest BCUT2D eigenvalue weighted by Crippen LogP contribution is 2.22. The zero-order valence-electron chi connectivity index (χ0n) is 12.0. The number of nitrogens with zero attached hydrogens (tertiary/aromatic N) is 1. The fourth-order valence-electron chi connectivity index (χ4n) is 1.85. The third-order valence-electron chi connectivity index (χ3n) is 2.81. The summed E-state index contributed by atoms with van der Waals surface area (Å²) in [5, 5.41) is 13.6. The second-order valence-electron chi connectivity index (χ2n) is 4.39. The molecule has 0 spiro atoms. The Bertz CT molecular complexity index is 542. The lowest BCUT2D eigenvalue weighted by Crippen LogP contribution is -2.26. The molecule has 1 amide bonds. The molecule has 0 bridgehead atoms. The number of esters is 1. The number of hydrogen-bond acceptors (Lipinski definition) is 5. The van der Waals surface area contributed by atoms with Crippen LogP contribution < -0.4 is 5.32 Å². The van der Waals surface area contributed by atoms with Gasteiger partial charge in [0.2, 0.25) is 0 Å². The largest absolute Gasteiger partial charge is 0.466 e. The fraction of sp³-hybridized carbons (Fsp3) is 0.429. The quantitative estimate of drug-likeness (QED) is 0.359. The molecule has 7 heteroatoms. The van der Waals surface area contributed by atoms with Crippen LogP contribution in [0.4, 0.5) is 5.69 Å². The van der Waals surface area contributed by atoms with Crippen molar-refractivity contribution in [2.75, 3.05) is 13.2 Å².